The highest BCUT2D eigenvalue weighted by Crippen LogP contribution is 2.25. The van der Waals surface area contributed by atoms with Crippen LogP contribution in [0.2, 0.25) is 0 Å². The van der Waals surface area contributed by atoms with Crippen LogP contribution in [0, 0.1) is 0 Å². The molecule has 0 fully saturated rings. The average molecular weight is 339 g/mol. The molecular formula is C19H21N3O3. The Morgan fingerprint density at radius 2 is 2.04 bits per heavy atom. The molecule has 2 N–H and O–H groups in total. The highest BCUT2D eigenvalue weighted by Gasteiger charge is 2.14. The summed E-state index contributed by atoms with van der Waals surface area (Å²) < 4.78 is 10.4. The predicted molar refractivity (Wildman–Crippen MR) is 96.5 cm³/mol. The van der Waals surface area contributed by atoms with Crippen LogP contribution in [0.3, 0.4) is 0 Å². The first kappa shape index (κ1) is 17.1. The Balaban J connectivity index is 1.78. The molecule has 0 saturated heterocycles. The summed E-state index contributed by atoms with van der Waals surface area (Å²) in [5.41, 5.74) is 2.00. The molecule has 0 radical (unpaired) electrons. The molecule has 1 aromatic carbocycles. The monoisotopic (exact) mass is 339 g/mol. The van der Waals surface area contributed by atoms with E-state index in [0.29, 0.717) is 36.7 Å². The summed E-state index contributed by atoms with van der Waals surface area (Å²) in [4.78, 5) is 17.2. The lowest BCUT2D eigenvalue weighted by Crippen LogP contribution is -2.33. The summed E-state index contributed by atoms with van der Waals surface area (Å²) in [6.07, 6.45) is 1.59. The van der Waals surface area contributed by atoms with E-state index in [-0.39, 0.29) is 5.91 Å². The number of carbonyl (C=O) groups is 1. The van der Waals surface area contributed by atoms with E-state index in [9.17, 15) is 4.79 Å². The average Bonchev–Trinajstić information content (AvgIpc) is 3.18. The number of benzene rings is 1. The standard InChI is InChI=1S/C19H21N3O3/c1-24-12-10-20-8-9-21-19(23)15-13-17(18-7-4-11-25-18)22-16-6-3-2-5-14(15)16/h2-7,11,13,20H,8-10,12H2,1H3,(H,21,23). The minimum atomic E-state index is -0.125. The zero-order valence-corrected chi connectivity index (χ0v) is 14.1. The summed E-state index contributed by atoms with van der Waals surface area (Å²) in [6.45, 7) is 2.63. The second kappa shape index (κ2) is 8.41. The van der Waals surface area contributed by atoms with Crippen molar-refractivity contribution in [3.05, 3.63) is 54.3 Å². The van der Waals surface area contributed by atoms with Gasteiger partial charge in [-0.25, -0.2) is 4.98 Å². The number of amides is 1. The Bertz CT molecular complexity index is 831. The van der Waals surface area contributed by atoms with Gasteiger partial charge in [-0.3, -0.25) is 4.79 Å². The molecule has 0 aliphatic rings. The largest absolute Gasteiger partial charge is 0.463 e. The number of pyridine rings is 1. The first-order valence-corrected chi connectivity index (χ1v) is 8.21. The van der Waals surface area contributed by atoms with Crippen LogP contribution >= 0.6 is 0 Å². The van der Waals surface area contributed by atoms with E-state index < -0.39 is 0 Å². The molecule has 0 atom stereocenters. The number of ether oxygens (including phenoxy) is 1. The van der Waals surface area contributed by atoms with Crippen molar-refractivity contribution in [1.29, 1.82) is 0 Å². The van der Waals surface area contributed by atoms with Gasteiger partial charge in [0.05, 0.1) is 24.0 Å². The van der Waals surface area contributed by atoms with Crippen LogP contribution in [0.4, 0.5) is 0 Å². The SMILES string of the molecule is COCCNCCNC(=O)c1cc(-c2ccco2)nc2ccccc12. The second-order valence-corrected chi connectivity index (χ2v) is 5.55. The number of fused-ring (bicyclic) bond motifs is 1. The molecule has 1 amide bonds. The van der Waals surface area contributed by atoms with Gasteiger partial charge in [0.1, 0.15) is 5.69 Å². The van der Waals surface area contributed by atoms with Gasteiger partial charge in [0, 0.05) is 32.1 Å². The molecule has 130 valence electrons. The molecule has 25 heavy (non-hydrogen) atoms. The van der Waals surface area contributed by atoms with Gasteiger partial charge in [0.25, 0.3) is 5.91 Å². The zero-order valence-electron chi connectivity index (χ0n) is 14.1. The maximum Gasteiger partial charge on any atom is 0.252 e. The molecular weight excluding hydrogens is 318 g/mol. The fourth-order valence-corrected chi connectivity index (χ4v) is 2.57. The van der Waals surface area contributed by atoms with Crippen LogP contribution in [0.5, 0.6) is 0 Å². The lowest BCUT2D eigenvalue weighted by atomic mass is 10.1. The quantitative estimate of drug-likeness (QED) is 0.617. The fraction of sp³-hybridized carbons (Fsp3) is 0.263. The van der Waals surface area contributed by atoms with Crippen molar-refractivity contribution in [2.24, 2.45) is 0 Å². The Morgan fingerprint density at radius 3 is 2.84 bits per heavy atom. The molecule has 3 aromatic rings. The van der Waals surface area contributed by atoms with E-state index >= 15 is 0 Å². The highest BCUT2D eigenvalue weighted by atomic mass is 16.5. The number of nitrogens with zero attached hydrogens (tertiary/aromatic N) is 1. The van der Waals surface area contributed by atoms with Gasteiger partial charge in [-0.2, -0.15) is 0 Å². The number of nitrogens with one attached hydrogen (secondary N) is 2. The minimum absolute atomic E-state index is 0.125. The van der Waals surface area contributed by atoms with Crippen LogP contribution in [-0.2, 0) is 4.74 Å². The summed E-state index contributed by atoms with van der Waals surface area (Å²) in [7, 11) is 1.66. The van der Waals surface area contributed by atoms with Crippen LogP contribution in [0.1, 0.15) is 10.4 Å². The number of para-hydroxylation sites is 1. The van der Waals surface area contributed by atoms with Crippen LogP contribution in [0.25, 0.3) is 22.4 Å². The Labute approximate surface area is 146 Å². The van der Waals surface area contributed by atoms with Gasteiger partial charge < -0.3 is 19.8 Å². The zero-order chi connectivity index (χ0) is 17.5. The minimum Gasteiger partial charge on any atom is -0.463 e. The highest BCUT2D eigenvalue weighted by molar-refractivity contribution is 6.07. The van der Waals surface area contributed by atoms with Crippen molar-refractivity contribution >= 4 is 16.8 Å². The molecule has 0 unspecified atom stereocenters. The van der Waals surface area contributed by atoms with E-state index in [1.165, 1.54) is 0 Å². The van der Waals surface area contributed by atoms with E-state index in [0.717, 1.165) is 17.4 Å². The molecule has 0 spiro atoms. The van der Waals surface area contributed by atoms with E-state index in [2.05, 4.69) is 15.6 Å². The lowest BCUT2D eigenvalue weighted by Gasteiger charge is -2.10. The van der Waals surface area contributed by atoms with E-state index in [1.54, 1.807) is 25.5 Å². The lowest BCUT2D eigenvalue weighted by molar-refractivity contribution is 0.0955. The van der Waals surface area contributed by atoms with Gasteiger partial charge in [0.15, 0.2) is 5.76 Å². The first-order chi connectivity index (χ1) is 12.3. The normalized spacial score (nSPS) is 10.9. The number of hydrogen-bond donors (Lipinski definition) is 2. The third-order valence-corrected chi connectivity index (χ3v) is 3.80. The maximum atomic E-state index is 12.6. The van der Waals surface area contributed by atoms with Crippen molar-refractivity contribution in [2.75, 3.05) is 33.4 Å². The molecule has 0 saturated carbocycles. The molecule has 6 heteroatoms. The number of rotatable bonds is 8. The molecule has 2 aromatic heterocycles. The topological polar surface area (TPSA) is 76.4 Å². The van der Waals surface area contributed by atoms with Gasteiger partial charge in [-0.15, -0.1) is 0 Å². The Morgan fingerprint density at radius 1 is 1.16 bits per heavy atom. The molecule has 0 aliphatic carbocycles. The van der Waals surface area contributed by atoms with Crippen molar-refractivity contribution in [3.63, 3.8) is 0 Å². The number of hydrogen-bond acceptors (Lipinski definition) is 5. The Hall–Kier alpha value is -2.70. The molecule has 0 bridgehead atoms. The van der Waals surface area contributed by atoms with Gasteiger partial charge in [0.2, 0.25) is 0 Å². The number of methoxy groups -OCH3 is 1. The number of aromatic nitrogens is 1. The number of furan rings is 1. The Kier molecular flexibility index (Phi) is 5.77. The molecule has 6 nitrogen and oxygen atoms in total. The van der Waals surface area contributed by atoms with Crippen LogP contribution in [0.15, 0.2) is 53.1 Å². The van der Waals surface area contributed by atoms with Gasteiger partial charge in [-0.05, 0) is 24.3 Å². The van der Waals surface area contributed by atoms with Crippen LogP contribution < -0.4 is 10.6 Å². The van der Waals surface area contributed by atoms with Crippen molar-refractivity contribution < 1.29 is 13.9 Å². The molecule has 0 aliphatic heterocycles. The second-order valence-electron chi connectivity index (χ2n) is 5.55. The molecule has 2 heterocycles. The maximum absolute atomic E-state index is 12.6. The molecule has 3 rings (SSSR count). The van der Waals surface area contributed by atoms with Crippen molar-refractivity contribution in [2.45, 2.75) is 0 Å². The van der Waals surface area contributed by atoms with Crippen molar-refractivity contribution in [1.82, 2.24) is 15.6 Å². The fourth-order valence-electron chi connectivity index (χ4n) is 2.57. The van der Waals surface area contributed by atoms with Gasteiger partial charge in [-0.1, -0.05) is 18.2 Å². The summed E-state index contributed by atoms with van der Waals surface area (Å²) in [5, 5.41) is 6.96. The summed E-state index contributed by atoms with van der Waals surface area (Å²) in [6, 6.07) is 13.0. The predicted octanol–water partition coefficient (Wildman–Crippen LogP) is 2.46. The van der Waals surface area contributed by atoms with Gasteiger partial charge >= 0.3 is 0 Å². The number of carbonyl (C=O) groups excluding carboxylic acids is 1. The van der Waals surface area contributed by atoms with E-state index in [4.69, 9.17) is 9.15 Å². The first-order valence-electron chi connectivity index (χ1n) is 8.21. The third kappa shape index (κ3) is 4.23. The van der Waals surface area contributed by atoms with Crippen LogP contribution in [-0.4, -0.2) is 44.2 Å². The van der Waals surface area contributed by atoms with E-state index in [1.807, 2.05) is 30.3 Å². The summed E-state index contributed by atoms with van der Waals surface area (Å²) in [5.74, 6) is 0.515. The van der Waals surface area contributed by atoms with Crippen molar-refractivity contribution in [3.8, 4) is 11.5 Å². The smallest absolute Gasteiger partial charge is 0.252 e. The third-order valence-electron chi connectivity index (χ3n) is 3.80. The summed E-state index contributed by atoms with van der Waals surface area (Å²) >= 11 is 0.